The minimum atomic E-state index is -0.176. The van der Waals surface area contributed by atoms with Gasteiger partial charge in [-0.3, -0.25) is 0 Å². The first-order valence-corrected chi connectivity index (χ1v) is 2.34. The van der Waals surface area contributed by atoms with E-state index in [-0.39, 0.29) is 47.7 Å². The number of aliphatic hydroxyl groups is 1. The third-order valence-corrected chi connectivity index (χ3v) is 0.786. The van der Waals surface area contributed by atoms with Crippen LogP contribution in [-0.4, -0.2) is 35.3 Å². The van der Waals surface area contributed by atoms with Crippen LogP contribution in [0, 0.1) is 10.4 Å². The van der Waals surface area contributed by atoms with Gasteiger partial charge in [0.15, 0.2) is 0 Å². The van der Waals surface area contributed by atoms with Crippen molar-refractivity contribution in [1.82, 2.24) is 5.01 Å². The van der Waals surface area contributed by atoms with Crippen LogP contribution in [-0.2, 0) is 0 Å². The predicted octanol–water partition coefficient (Wildman–Crippen LogP) is -3.71. The summed E-state index contributed by atoms with van der Waals surface area (Å²) in [5, 5.41) is 30.8. The normalized spacial score (nSPS) is 10.4. The zero-order valence-electron chi connectivity index (χ0n) is 6.02. The van der Waals surface area contributed by atoms with Crippen LogP contribution in [0.15, 0.2) is 5.28 Å². The summed E-state index contributed by atoms with van der Waals surface area (Å²) in [6.45, 7) is -0.0694. The second-order valence-corrected chi connectivity index (χ2v) is 1.44. The molecule has 0 aliphatic heterocycles. The van der Waals surface area contributed by atoms with Crippen molar-refractivity contribution in [2.45, 2.75) is 0 Å². The van der Waals surface area contributed by atoms with E-state index in [9.17, 15) is 10.4 Å². The van der Waals surface area contributed by atoms with Crippen LogP contribution in [0.2, 0.25) is 0 Å². The molecule has 0 spiro atoms. The quantitative estimate of drug-likeness (QED) is 0.198. The maximum Gasteiger partial charge on any atom is 1.00 e. The fourth-order valence-corrected chi connectivity index (χ4v) is 0.293. The van der Waals surface area contributed by atoms with Gasteiger partial charge in [0.05, 0.1) is 20.2 Å². The van der Waals surface area contributed by atoms with Crippen molar-refractivity contribution >= 4 is 0 Å². The van der Waals surface area contributed by atoms with E-state index in [0.29, 0.717) is 0 Å². The van der Waals surface area contributed by atoms with Gasteiger partial charge in [0.2, 0.25) is 0 Å². The molecular formula is C3H8N3NaO3. The van der Waals surface area contributed by atoms with Crippen molar-refractivity contribution in [3.8, 4) is 0 Å². The summed E-state index contributed by atoms with van der Waals surface area (Å²) in [6.07, 6.45) is 0. The molecule has 0 amide bonds. The Morgan fingerprint density at radius 2 is 2.20 bits per heavy atom. The van der Waals surface area contributed by atoms with Crippen molar-refractivity contribution in [2.75, 3.05) is 20.2 Å². The topological polar surface area (TPSA) is 85.0 Å². The van der Waals surface area contributed by atoms with E-state index in [2.05, 4.69) is 0 Å². The first-order valence-electron chi connectivity index (χ1n) is 2.34. The third kappa shape index (κ3) is 4.80. The number of hydrazine groups is 1. The molecule has 54 valence electrons. The molecule has 0 heterocycles. The van der Waals surface area contributed by atoms with Crippen LogP contribution in [0.4, 0.5) is 0 Å². The molecule has 0 rings (SSSR count). The van der Waals surface area contributed by atoms with Gasteiger partial charge in [-0.1, -0.05) is 0 Å². The molecule has 10 heavy (non-hydrogen) atoms. The average Bonchev–Trinajstić information content (AvgIpc) is 1.87. The van der Waals surface area contributed by atoms with Crippen molar-refractivity contribution in [3.05, 3.63) is 10.4 Å². The monoisotopic (exact) mass is 157 g/mol. The molecular weight excluding hydrogens is 149 g/mol. The Hall–Kier alpha value is -0.0400. The van der Waals surface area contributed by atoms with Crippen LogP contribution in [0.25, 0.3) is 0 Å². The van der Waals surface area contributed by atoms with Crippen molar-refractivity contribution in [3.63, 3.8) is 0 Å². The van der Waals surface area contributed by atoms with Gasteiger partial charge in [-0.2, -0.15) is 5.01 Å². The Kier molecular flexibility index (Phi) is 8.92. The second kappa shape index (κ2) is 7.07. The van der Waals surface area contributed by atoms with Crippen LogP contribution in [0.5, 0.6) is 0 Å². The van der Waals surface area contributed by atoms with E-state index >= 15 is 0 Å². The molecule has 0 saturated carbocycles. The van der Waals surface area contributed by atoms with E-state index in [0.717, 1.165) is 5.01 Å². The minimum absolute atomic E-state index is 0. The van der Waals surface area contributed by atoms with Gasteiger partial charge in [-0.05, 0) is 5.28 Å². The summed E-state index contributed by atoms with van der Waals surface area (Å²) in [6, 6.07) is 0. The van der Waals surface area contributed by atoms with Crippen molar-refractivity contribution in [1.29, 1.82) is 0 Å². The smallest absolute Gasteiger partial charge is 0.737 e. The zero-order chi connectivity index (χ0) is 7.28. The van der Waals surface area contributed by atoms with Crippen LogP contribution >= 0.6 is 0 Å². The maximum atomic E-state index is 10.2. The first-order chi connectivity index (χ1) is 4.22. The van der Waals surface area contributed by atoms with Gasteiger partial charge in [0.25, 0.3) is 0 Å². The summed E-state index contributed by atoms with van der Waals surface area (Å²) >= 11 is 0. The fraction of sp³-hybridized carbons (Fsp3) is 1.00. The van der Waals surface area contributed by atoms with E-state index in [1.807, 2.05) is 5.28 Å². The summed E-state index contributed by atoms with van der Waals surface area (Å²) in [4.78, 5) is -0.129. The molecule has 6 nitrogen and oxygen atoms in total. The molecule has 7 heteroatoms. The van der Waals surface area contributed by atoms with Crippen molar-refractivity contribution in [2.24, 2.45) is 5.28 Å². The largest absolute Gasteiger partial charge is 1.00 e. The van der Waals surface area contributed by atoms with Gasteiger partial charge in [0, 0.05) is 4.97 Å². The van der Waals surface area contributed by atoms with E-state index < -0.39 is 0 Å². The average molecular weight is 157 g/mol. The Balaban J connectivity index is 0. The standard InChI is InChI=1S/C3H9N3O3.Na/c1-5(2-3-7)6(9)4-8;/h7-8H,2-3H2,1H3;/q;+1/p-1/b6-4-;. The predicted molar refractivity (Wildman–Crippen MR) is 29.1 cm³/mol. The Morgan fingerprint density at radius 1 is 1.70 bits per heavy atom. The third-order valence-electron chi connectivity index (χ3n) is 0.786. The molecule has 0 bridgehead atoms. The molecule has 0 aliphatic rings. The molecule has 0 aromatic heterocycles. The Morgan fingerprint density at radius 3 is 2.50 bits per heavy atom. The van der Waals surface area contributed by atoms with Gasteiger partial charge in [-0.15, -0.1) is 0 Å². The molecule has 0 atom stereocenters. The molecule has 0 aliphatic carbocycles. The summed E-state index contributed by atoms with van der Waals surface area (Å²) < 4.78 is 0. The molecule has 0 aromatic rings. The molecule has 0 saturated heterocycles. The molecule has 0 fully saturated rings. The maximum absolute atomic E-state index is 10.2. The van der Waals surface area contributed by atoms with Gasteiger partial charge in [0.1, 0.15) is 0 Å². The van der Waals surface area contributed by atoms with Gasteiger partial charge in [-0.25, -0.2) is 0 Å². The molecule has 0 radical (unpaired) electrons. The van der Waals surface area contributed by atoms with Crippen LogP contribution in [0.1, 0.15) is 0 Å². The summed E-state index contributed by atoms with van der Waals surface area (Å²) in [7, 11) is 1.35. The number of aliphatic hydroxyl groups excluding tert-OH is 1. The number of rotatable bonds is 3. The van der Waals surface area contributed by atoms with E-state index in [4.69, 9.17) is 5.11 Å². The second-order valence-electron chi connectivity index (χ2n) is 1.44. The van der Waals surface area contributed by atoms with E-state index in [1.165, 1.54) is 7.05 Å². The fourth-order valence-electron chi connectivity index (χ4n) is 0.293. The number of nitrogens with zero attached hydrogens (tertiary/aromatic N) is 3. The number of likely N-dealkylation sites (N-methyl/N-ethyl adjacent to an activating group) is 1. The molecule has 0 unspecified atom stereocenters. The van der Waals surface area contributed by atoms with Gasteiger partial charge < -0.3 is 15.5 Å². The van der Waals surface area contributed by atoms with E-state index in [1.54, 1.807) is 0 Å². The van der Waals surface area contributed by atoms with Crippen molar-refractivity contribution < 1.29 is 39.6 Å². The Labute approximate surface area is 80.6 Å². The number of hydrogen-bond acceptors (Lipinski definition) is 4. The summed E-state index contributed by atoms with van der Waals surface area (Å²) in [5.41, 5.74) is 0. The minimum Gasteiger partial charge on any atom is -0.737 e. The van der Waals surface area contributed by atoms with Crippen LogP contribution < -0.4 is 29.6 Å². The Bertz CT molecular complexity index is 109. The zero-order valence-corrected chi connectivity index (χ0v) is 8.02. The van der Waals surface area contributed by atoms with Crippen LogP contribution in [0.3, 0.4) is 0 Å². The molecule has 1 N–H and O–H groups in total. The number of hydrogen-bond donors (Lipinski definition) is 1. The molecule has 0 aromatic carbocycles. The first kappa shape index (κ1) is 12.6. The summed E-state index contributed by atoms with van der Waals surface area (Å²) in [5.74, 6) is 0. The SMILES string of the molecule is CN(CCO)/[N+]([O-])=N/[O-].[Na+]. The van der Waals surface area contributed by atoms with Gasteiger partial charge >= 0.3 is 29.6 Å².